The number of rotatable bonds is 7. The number of hydrogen-bond acceptors (Lipinski definition) is 4. The van der Waals surface area contributed by atoms with Crippen molar-refractivity contribution in [3.05, 3.63) is 59.4 Å². The summed E-state index contributed by atoms with van der Waals surface area (Å²) < 4.78 is 39.5. The molecule has 144 valence electrons. The Morgan fingerprint density at radius 3 is 2.30 bits per heavy atom. The first-order chi connectivity index (χ1) is 12.7. The number of carbonyl (C=O) groups excluding carboxylic acids is 2. The van der Waals surface area contributed by atoms with E-state index in [9.17, 15) is 22.4 Å². The molecule has 3 N–H and O–H groups in total. The maximum Gasteiger partial charge on any atom is 0.243 e. The maximum atomic E-state index is 13.2. The van der Waals surface area contributed by atoms with Gasteiger partial charge in [-0.15, -0.1) is 0 Å². The Kier molecular flexibility index (Phi) is 6.65. The Labute approximate surface area is 157 Å². The lowest BCUT2D eigenvalue weighted by Crippen LogP contribution is -2.40. The normalized spacial score (nSPS) is 11.1. The molecule has 0 fully saturated rings. The largest absolute Gasteiger partial charge is 0.346 e. The van der Waals surface area contributed by atoms with Crippen molar-refractivity contribution in [2.24, 2.45) is 0 Å². The SMILES string of the molecule is Cc1ccc(S(=O)(=O)NCC(=O)NCC(=O)Nc2cc(F)ccc2C)cc1. The lowest BCUT2D eigenvalue weighted by atomic mass is 10.2. The van der Waals surface area contributed by atoms with Gasteiger partial charge in [0.25, 0.3) is 0 Å². The number of nitrogens with one attached hydrogen (secondary N) is 3. The van der Waals surface area contributed by atoms with Gasteiger partial charge in [0.15, 0.2) is 0 Å². The third-order valence-corrected chi connectivity index (χ3v) is 5.09. The molecule has 0 aromatic heterocycles. The highest BCUT2D eigenvalue weighted by molar-refractivity contribution is 7.89. The molecule has 0 spiro atoms. The molecule has 0 saturated carbocycles. The van der Waals surface area contributed by atoms with Crippen LogP contribution in [-0.2, 0) is 19.6 Å². The standard InChI is InChI=1S/C18H20FN3O4S/c1-12-3-7-15(8-4-12)27(25,26)21-11-17(23)20-10-18(24)22-16-9-14(19)6-5-13(16)2/h3-9,21H,10-11H2,1-2H3,(H,20,23)(H,22,24). The van der Waals surface area contributed by atoms with Crippen LogP contribution in [0.5, 0.6) is 0 Å². The molecule has 0 bridgehead atoms. The zero-order valence-electron chi connectivity index (χ0n) is 14.9. The van der Waals surface area contributed by atoms with E-state index >= 15 is 0 Å². The molecule has 7 nitrogen and oxygen atoms in total. The first kappa shape index (κ1) is 20.5. The van der Waals surface area contributed by atoms with Gasteiger partial charge < -0.3 is 10.6 Å². The number of halogens is 1. The van der Waals surface area contributed by atoms with Crippen LogP contribution in [0.3, 0.4) is 0 Å². The zero-order chi connectivity index (χ0) is 20.0. The molecule has 27 heavy (non-hydrogen) atoms. The molecule has 2 aromatic rings. The van der Waals surface area contributed by atoms with Gasteiger partial charge in [-0.3, -0.25) is 9.59 Å². The van der Waals surface area contributed by atoms with E-state index in [0.717, 1.165) is 5.56 Å². The predicted molar refractivity (Wildman–Crippen MR) is 99.1 cm³/mol. The first-order valence-electron chi connectivity index (χ1n) is 8.06. The van der Waals surface area contributed by atoms with Crippen LogP contribution in [0.15, 0.2) is 47.4 Å². The molecule has 0 heterocycles. The average molecular weight is 393 g/mol. The molecule has 2 rings (SSSR count). The van der Waals surface area contributed by atoms with Gasteiger partial charge in [-0.25, -0.2) is 17.5 Å². The van der Waals surface area contributed by atoms with Gasteiger partial charge in [-0.2, -0.15) is 0 Å². The molecule has 0 atom stereocenters. The van der Waals surface area contributed by atoms with Crippen LogP contribution in [0.2, 0.25) is 0 Å². The number of hydrogen-bond donors (Lipinski definition) is 3. The summed E-state index contributed by atoms with van der Waals surface area (Å²) in [5, 5.41) is 4.78. The molecule has 0 unspecified atom stereocenters. The minimum absolute atomic E-state index is 0.0419. The summed E-state index contributed by atoms with van der Waals surface area (Å²) in [5.41, 5.74) is 1.88. The van der Waals surface area contributed by atoms with Gasteiger partial charge in [-0.1, -0.05) is 23.8 Å². The minimum atomic E-state index is -3.82. The molecule has 0 aliphatic rings. The van der Waals surface area contributed by atoms with Gasteiger partial charge in [0.1, 0.15) is 5.82 Å². The van der Waals surface area contributed by atoms with Crippen molar-refractivity contribution in [3.8, 4) is 0 Å². The summed E-state index contributed by atoms with van der Waals surface area (Å²) in [4.78, 5) is 23.7. The molecule has 2 amide bonds. The second-order valence-corrected chi connectivity index (χ2v) is 7.69. The van der Waals surface area contributed by atoms with Crippen LogP contribution in [0.4, 0.5) is 10.1 Å². The third kappa shape index (κ3) is 6.15. The van der Waals surface area contributed by atoms with E-state index in [4.69, 9.17) is 0 Å². The summed E-state index contributed by atoms with van der Waals surface area (Å²) in [7, 11) is -3.82. The van der Waals surface area contributed by atoms with E-state index < -0.39 is 34.2 Å². The van der Waals surface area contributed by atoms with Crippen molar-refractivity contribution < 1.29 is 22.4 Å². The van der Waals surface area contributed by atoms with Crippen LogP contribution < -0.4 is 15.4 Å². The lowest BCUT2D eigenvalue weighted by Gasteiger charge is -2.10. The van der Waals surface area contributed by atoms with Gasteiger partial charge in [0.2, 0.25) is 21.8 Å². The van der Waals surface area contributed by atoms with E-state index in [1.807, 2.05) is 6.92 Å². The number of carbonyl (C=O) groups is 2. The Morgan fingerprint density at radius 2 is 1.63 bits per heavy atom. The molecule has 0 saturated heterocycles. The minimum Gasteiger partial charge on any atom is -0.346 e. The number of amides is 2. The van der Waals surface area contributed by atoms with Crippen LogP contribution in [0, 0.1) is 19.7 Å². The highest BCUT2D eigenvalue weighted by Gasteiger charge is 2.15. The fraction of sp³-hybridized carbons (Fsp3) is 0.222. The summed E-state index contributed by atoms with van der Waals surface area (Å²) in [5.74, 6) is -1.72. The van der Waals surface area contributed by atoms with Gasteiger partial charge in [-0.05, 0) is 43.7 Å². The molecule has 0 aliphatic heterocycles. The van der Waals surface area contributed by atoms with E-state index in [1.165, 1.54) is 30.3 Å². The molecule has 9 heteroatoms. The van der Waals surface area contributed by atoms with Crippen molar-refractivity contribution in [3.63, 3.8) is 0 Å². The van der Waals surface area contributed by atoms with Crippen LogP contribution in [0.1, 0.15) is 11.1 Å². The Balaban J connectivity index is 1.82. The molecule has 0 radical (unpaired) electrons. The second kappa shape index (κ2) is 8.74. The van der Waals surface area contributed by atoms with Crippen molar-refractivity contribution in [1.82, 2.24) is 10.0 Å². The molecule has 0 aliphatic carbocycles. The van der Waals surface area contributed by atoms with E-state index in [1.54, 1.807) is 19.1 Å². The highest BCUT2D eigenvalue weighted by atomic mass is 32.2. The Morgan fingerprint density at radius 1 is 0.963 bits per heavy atom. The van der Waals surface area contributed by atoms with Gasteiger partial charge in [0.05, 0.1) is 18.0 Å². The average Bonchev–Trinajstić information content (AvgIpc) is 2.62. The number of benzene rings is 2. The molecular formula is C18H20FN3O4S. The van der Waals surface area contributed by atoms with Crippen molar-refractivity contribution in [2.75, 3.05) is 18.4 Å². The van der Waals surface area contributed by atoms with E-state index in [-0.39, 0.29) is 11.4 Å². The van der Waals surface area contributed by atoms with Crippen LogP contribution >= 0.6 is 0 Å². The number of aryl methyl sites for hydroxylation is 2. The maximum absolute atomic E-state index is 13.2. The smallest absolute Gasteiger partial charge is 0.243 e. The van der Waals surface area contributed by atoms with Gasteiger partial charge in [0, 0.05) is 5.69 Å². The van der Waals surface area contributed by atoms with Crippen molar-refractivity contribution >= 4 is 27.5 Å². The predicted octanol–water partition coefficient (Wildman–Crippen LogP) is 1.48. The quantitative estimate of drug-likeness (QED) is 0.663. The highest BCUT2D eigenvalue weighted by Crippen LogP contribution is 2.15. The van der Waals surface area contributed by atoms with E-state index in [2.05, 4.69) is 15.4 Å². The Bertz CT molecular complexity index is 944. The fourth-order valence-corrected chi connectivity index (χ4v) is 3.11. The van der Waals surface area contributed by atoms with Crippen LogP contribution in [0.25, 0.3) is 0 Å². The van der Waals surface area contributed by atoms with Crippen molar-refractivity contribution in [2.45, 2.75) is 18.7 Å². The monoisotopic (exact) mass is 393 g/mol. The van der Waals surface area contributed by atoms with E-state index in [0.29, 0.717) is 11.3 Å². The summed E-state index contributed by atoms with van der Waals surface area (Å²) in [6.45, 7) is 2.64. The van der Waals surface area contributed by atoms with Gasteiger partial charge >= 0.3 is 0 Å². The summed E-state index contributed by atoms with van der Waals surface area (Å²) in [6.07, 6.45) is 0. The first-order valence-corrected chi connectivity index (χ1v) is 9.55. The fourth-order valence-electron chi connectivity index (χ4n) is 2.13. The number of sulfonamides is 1. The van der Waals surface area contributed by atoms with Crippen LogP contribution in [-0.4, -0.2) is 33.3 Å². The molecular weight excluding hydrogens is 373 g/mol. The lowest BCUT2D eigenvalue weighted by molar-refractivity contribution is -0.123. The topological polar surface area (TPSA) is 104 Å². The molecule has 2 aromatic carbocycles. The number of anilines is 1. The zero-order valence-corrected chi connectivity index (χ0v) is 15.7. The van der Waals surface area contributed by atoms with Crippen molar-refractivity contribution in [1.29, 1.82) is 0 Å². The third-order valence-electron chi connectivity index (χ3n) is 3.67. The summed E-state index contributed by atoms with van der Waals surface area (Å²) in [6, 6.07) is 10.1. The Hall–Kier alpha value is -2.78. The second-order valence-electron chi connectivity index (χ2n) is 5.92. The summed E-state index contributed by atoms with van der Waals surface area (Å²) >= 11 is 0.